The zero-order chi connectivity index (χ0) is 11.1. The molecule has 5 heteroatoms. The molecule has 1 atom stereocenters. The molecule has 0 amide bonds. The molecule has 3 nitrogen and oxygen atoms in total. The van der Waals surface area contributed by atoms with Gasteiger partial charge in [-0.05, 0) is 24.0 Å². The molecule has 1 aliphatic rings. The Balaban J connectivity index is 2.52. The fourth-order valence-corrected chi connectivity index (χ4v) is 3.19. The van der Waals surface area contributed by atoms with E-state index in [1.807, 2.05) is 25.1 Å². The van der Waals surface area contributed by atoms with E-state index in [1.165, 1.54) is 4.31 Å². The molecule has 0 spiro atoms. The second-order valence-corrected chi connectivity index (χ2v) is 6.35. The van der Waals surface area contributed by atoms with Crippen LogP contribution < -0.4 is 4.31 Å². The molecule has 1 aromatic carbocycles. The van der Waals surface area contributed by atoms with Crippen LogP contribution in [0.5, 0.6) is 0 Å². The van der Waals surface area contributed by atoms with Crippen LogP contribution in [-0.4, -0.2) is 15.0 Å². The maximum Gasteiger partial charge on any atom is 0.321 e. The van der Waals surface area contributed by atoms with Gasteiger partial charge in [-0.25, -0.2) is 0 Å². The maximum atomic E-state index is 11.4. The highest BCUT2D eigenvalue weighted by molar-refractivity contribution is 8.14. The van der Waals surface area contributed by atoms with E-state index in [0.717, 1.165) is 12.0 Å². The lowest BCUT2D eigenvalue weighted by Gasteiger charge is -2.31. The SMILES string of the molecule is C[C@H]1Cc2ccccc2N(S(=O)(=O)Cl)C1. The molecule has 0 saturated heterocycles. The van der Waals surface area contributed by atoms with Crippen molar-refractivity contribution in [2.75, 3.05) is 10.8 Å². The van der Waals surface area contributed by atoms with Gasteiger partial charge in [0.1, 0.15) is 0 Å². The van der Waals surface area contributed by atoms with Crippen molar-refractivity contribution in [3.8, 4) is 0 Å². The molecule has 1 aromatic rings. The standard InChI is InChI=1S/C10H12ClNO2S/c1-8-6-9-4-2-3-5-10(9)12(7-8)15(11,13)14/h2-5,8H,6-7H2,1H3/t8-/m0/s1. The van der Waals surface area contributed by atoms with Crippen LogP contribution in [0.1, 0.15) is 12.5 Å². The Morgan fingerprint density at radius 3 is 2.73 bits per heavy atom. The van der Waals surface area contributed by atoms with Crippen LogP contribution in [0.25, 0.3) is 0 Å². The smallest absolute Gasteiger partial charge is 0.257 e. The monoisotopic (exact) mass is 245 g/mol. The molecule has 82 valence electrons. The van der Waals surface area contributed by atoms with Crippen molar-refractivity contribution in [2.24, 2.45) is 5.92 Å². The number of hydrogen-bond acceptors (Lipinski definition) is 2. The van der Waals surface area contributed by atoms with Gasteiger partial charge in [0.25, 0.3) is 0 Å². The van der Waals surface area contributed by atoms with Gasteiger partial charge in [0.05, 0.1) is 5.69 Å². The lowest BCUT2D eigenvalue weighted by molar-refractivity contribution is 0.552. The fourth-order valence-electron chi connectivity index (χ4n) is 1.95. The molecular formula is C10H12ClNO2S. The van der Waals surface area contributed by atoms with Crippen LogP contribution in [0.4, 0.5) is 5.69 Å². The molecule has 0 bridgehead atoms. The molecule has 0 fully saturated rings. The number of nitrogens with zero attached hydrogens (tertiary/aromatic N) is 1. The zero-order valence-electron chi connectivity index (χ0n) is 8.35. The van der Waals surface area contributed by atoms with Crippen LogP contribution >= 0.6 is 10.7 Å². The van der Waals surface area contributed by atoms with Crippen LogP contribution in [0.3, 0.4) is 0 Å². The summed E-state index contributed by atoms with van der Waals surface area (Å²) in [5, 5.41) is 0. The summed E-state index contributed by atoms with van der Waals surface area (Å²) >= 11 is 0. The first kappa shape index (κ1) is 10.8. The van der Waals surface area contributed by atoms with Crippen LogP contribution in [0.2, 0.25) is 0 Å². The van der Waals surface area contributed by atoms with Crippen molar-refractivity contribution in [3.63, 3.8) is 0 Å². The van der Waals surface area contributed by atoms with E-state index in [1.54, 1.807) is 6.07 Å². The van der Waals surface area contributed by atoms with E-state index in [0.29, 0.717) is 18.2 Å². The van der Waals surface area contributed by atoms with E-state index in [2.05, 4.69) is 0 Å². The Morgan fingerprint density at radius 1 is 1.40 bits per heavy atom. The molecule has 1 aliphatic heterocycles. The first-order valence-electron chi connectivity index (χ1n) is 4.78. The van der Waals surface area contributed by atoms with E-state index in [-0.39, 0.29) is 0 Å². The minimum Gasteiger partial charge on any atom is -0.257 e. The molecule has 0 aliphatic carbocycles. The van der Waals surface area contributed by atoms with Crippen molar-refractivity contribution < 1.29 is 8.42 Å². The Labute approximate surface area is 94.2 Å². The van der Waals surface area contributed by atoms with Crippen molar-refractivity contribution in [1.29, 1.82) is 0 Å². The second-order valence-electron chi connectivity index (χ2n) is 3.91. The minimum atomic E-state index is -3.67. The fraction of sp³-hybridized carbons (Fsp3) is 0.400. The highest BCUT2D eigenvalue weighted by Crippen LogP contribution is 2.32. The van der Waals surface area contributed by atoms with E-state index in [9.17, 15) is 8.42 Å². The summed E-state index contributed by atoms with van der Waals surface area (Å²) in [6, 6.07) is 7.47. The quantitative estimate of drug-likeness (QED) is 0.711. The van der Waals surface area contributed by atoms with Crippen molar-refractivity contribution in [1.82, 2.24) is 0 Å². The topological polar surface area (TPSA) is 37.4 Å². The summed E-state index contributed by atoms with van der Waals surface area (Å²) in [6.45, 7) is 2.48. The first-order valence-corrected chi connectivity index (χ1v) is 7.05. The lowest BCUT2D eigenvalue weighted by atomic mass is 9.96. The van der Waals surface area contributed by atoms with Gasteiger partial charge in [0.2, 0.25) is 0 Å². The molecule has 0 aromatic heterocycles. The Kier molecular flexibility index (Phi) is 2.64. The predicted molar refractivity (Wildman–Crippen MR) is 61.4 cm³/mol. The number of benzene rings is 1. The number of halogens is 1. The molecule has 0 radical (unpaired) electrons. The number of fused-ring (bicyclic) bond motifs is 1. The summed E-state index contributed by atoms with van der Waals surface area (Å²) in [4.78, 5) is 0. The second kappa shape index (κ2) is 3.68. The van der Waals surface area contributed by atoms with Gasteiger partial charge >= 0.3 is 9.24 Å². The van der Waals surface area contributed by atoms with Gasteiger partial charge in [-0.1, -0.05) is 25.1 Å². The largest absolute Gasteiger partial charge is 0.321 e. The van der Waals surface area contributed by atoms with Gasteiger partial charge in [-0.3, -0.25) is 4.31 Å². The number of para-hydroxylation sites is 1. The van der Waals surface area contributed by atoms with Crippen molar-refractivity contribution in [2.45, 2.75) is 13.3 Å². The first-order chi connectivity index (χ1) is 6.98. The third-order valence-electron chi connectivity index (χ3n) is 2.57. The van der Waals surface area contributed by atoms with Crippen LogP contribution in [0.15, 0.2) is 24.3 Å². The van der Waals surface area contributed by atoms with Crippen molar-refractivity contribution >= 4 is 25.6 Å². The molecule has 1 heterocycles. The normalized spacial score (nSPS) is 21.2. The van der Waals surface area contributed by atoms with Gasteiger partial charge in [0.15, 0.2) is 0 Å². The Hall–Kier alpha value is -0.740. The summed E-state index contributed by atoms with van der Waals surface area (Å²) < 4.78 is 24.0. The highest BCUT2D eigenvalue weighted by Gasteiger charge is 2.28. The summed E-state index contributed by atoms with van der Waals surface area (Å²) in [5.74, 6) is 0.299. The van der Waals surface area contributed by atoms with Crippen LogP contribution in [0, 0.1) is 5.92 Å². The minimum absolute atomic E-state index is 0.299. The molecular weight excluding hydrogens is 234 g/mol. The summed E-state index contributed by atoms with van der Waals surface area (Å²) in [6.07, 6.45) is 0.902. The predicted octanol–water partition coefficient (Wildman–Crippen LogP) is 2.17. The third kappa shape index (κ3) is 2.11. The van der Waals surface area contributed by atoms with Gasteiger partial charge in [-0.15, -0.1) is 0 Å². The maximum absolute atomic E-state index is 11.4. The van der Waals surface area contributed by atoms with Gasteiger partial charge < -0.3 is 0 Å². The summed E-state index contributed by atoms with van der Waals surface area (Å²) in [5.41, 5.74) is 1.76. The lowest BCUT2D eigenvalue weighted by Crippen LogP contribution is -2.36. The van der Waals surface area contributed by atoms with Gasteiger partial charge in [0, 0.05) is 17.2 Å². The summed E-state index contributed by atoms with van der Waals surface area (Å²) in [7, 11) is 1.74. The molecule has 15 heavy (non-hydrogen) atoms. The third-order valence-corrected chi connectivity index (χ3v) is 3.94. The number of rotatable bonds is 1. The molecule has 0 unspecified atom stereocenters. The molecule has 0 N–H and O–H groups in total. The van der Waals surface area contributed by atoms with E-state index in [4.69, 9.17) is 10.7 Å². The Morgan fingerprint density at radius 2 is 2.07 bits per heavy atom. The number of hydrogen-bond donors (Lipinski definition) is 0. The van der Waals surface area contributed by atoms with E-state index < -0.39 is 9.24 Å². The Bertz CT molecular complexity index is 472. The van der Waals surface area contributed by atoms with Gasteiger partial charge in [-0.2, -0.15) is 8.42 Å². The molecule has 2 rings (SSSR count). The highest BCUT2D eigenvalue weighted by atomic mass is 35.7. The average Bonchev–Trinajstić information content (AvgIpc) is 2.15. The zero-order valence-corrected chi connectivity index (χ0v) is 9.92. The van der Waals surface area contributed by atoms with E-state index >= 15 is 0 Å². The van der Waals surface area contributed by atoms with Crippen molar-refractivity contribution in [3.05, 3.63) is 29.8 Å². The van der Waals surface area contributed by atoms with Crippen LogP contribution in [-0.2, 0) is 15.7 Å². The average molecular weight is 246 g/mol. The molecule has 0 saturated carbocycles. The number of anilines is 1.